The predicted octanol–water partition coefficient (Wildman–Crippen LogP) is 3.14. The lowest BCUT2D eigenvalue weighted by Gasteiger charge is -2.06. The Morgan fingerprint density at radius 3 is 2.87 bits per heavy atom. The van der Waals surface area contributed by atoms with Crippen LogP contribution in [0.2, 0.25) is 0 Å². The second kappa shape index (κ2) is 4.45. The maximum atomic E-state index is 5.61. The summed E-state index contributed by atoms with van der Waals surface area (Å²) < 4.78 is 5.61. The minimum Gasteiger partial charge on any atom is -0.486 e. The molecular weight excluding hydrogens is 206 g/mol. The molecule has 0 spiro atoms. The third-order valence-electron chi connectivity index (χ3n) is 2.28. The van der Waals surface area contributed by atoms with Crippen molar-refractivity contribution in [3.05, 3.63) is 45.9 Å². The van der Waals surface area contributed by atoms with Crippen LogP contribution in [-0.4, -0.2) is 4.98 Å². The van der Waals surface area contributed by atoms with Gasteiger partial charge < -0.3 is 4.74 Å². The highest BCUT2D eigenvalue weighted by molar-refractivity contribution is 7.09. The van der Waals surface area contributed by atoms with Gasteiger partial charge in [0.15, 0.2) is 0 Å². The van der Waals surface area contributed by atoms with Crippen LogP contribution >= 0.6 is 11.3 Å². The van der Waals surface area contributed by atoms with Gasteiger partial charge in [0.25, 0.3) is 0 Å². The quantitative estimate of drug-likeness (QED) is 0.789. The van der Waals surface area contributed by atoms with Gasteiger partial charge in [0, 0.05) is 5.38 Å². The summed E-state index contributed by atoms with van der Waals surface area (Å²) in [5.74, 6) is 0.897. The molecule has 0 unspecified atom stereocenters. The number of aryl methyl sites for hydroxylation is 2. The van der Waals surface area contributed by atoms with Crippen molar-refractivity contribution in [1.29, 1.82) is 0 Å². The van der Waals surface area contributed by atoms with Crippen molar-refractivity contribution in [1.82, 2.24) is 4.98 Å². The molecule has 3 heteroatoms. The van der Waals surface area contributed by atoms with E-state index in [0.29, 0.717) is 6.61 Å². The molecule has 0 bridgehead atoms. The summed E-state index contributed by atoms with van der Waals surface area (Å²) in [6, 6.07) is 6.10. The van der Waals surface area contributed by atoms with E-state index in [-0.39, 0.29) is 0 Å². The van der Waals surface area contributed by atoms with E-state index < -0.39 is 0 Å². The molecule has 2 nitrogen and oxygen atoms in total. The van der Waals surface area contributed by atoms with E-state index in [0.717, 1.165) is 10.8 Å². The Morgan fingerprint density at radius 2 is 2.20 bits per heavy atom. The zero-order chi connectivity index (χ0) is 10.7. The van der Waals surface area contributed by atoms with Gasteiger partial charge in [-0.05, 0) is 37.1 Å². The lowest BCUT2D eigenvalue weighted by Crippen LogP contribution is -1.95. The fourth-order valence-electron chi connectivity index (χ4n) is 1.23. The molecule has 1 radical (unpaired) electrons. The minimum absolute atomic E-state index is 0.524. The summed E-state index contributed by atoms with van der Waals surface area (Å²) >= 11 is 1.56. The molecule has 0 N–H and O–H groups in total. The van der Waals surface area contributed by atoms with Gasteiger partial charge in [-0.1, -0.05) is 6.07 Å². The van der Waals surface area contributed by atoms with E-state index in [1.54, 1.807) is 11.3 Å². The number of benzene rings is 1. The monoisotopic (exact) mass is 218 g/mol. The first-order valence-electron chi connectivity index (χ1n) is 4.76. The van der Waals surface area contributed by atoms with Gasteiger partial charge in [-0.2, -0.15) is 0 Å². The number of aromatic nitrogens is 1. The van der Waals surface area contributed by atoms with Crippen molar-refractivity contribution in [2.24, 2.45) is 0 Å². The normalized spacial score (nSPS) is 10.3. The lowest BCUT2D eigenvalue weighted by molar-refractivity contribution is 0.305. The van der Waals surface area contributed by atoms with Crippen molar-refractivity contribution >= 4 is 11.3 Å². The predicted molar refractivity (Wildman–Crippen MR) is 61.2 cm³/mol. The summed E-state index contributed by atoms with van der Waals surface area (Å²) in [5, 5.41) is 2.78. The maximum Gasteiger partial charge on any atom is 0.140 e. The van der Waals surface area contributed by atoms with Gasteiger partial charge in [-0.15, -0.1) is 11.3 Å². The highest BCUT2D eigenvalue weighted by atomic mass is 32.1. The average molecular weight is 218 g/mol. The maximum absolute atomic E-state index is 5.61. The summed E-state index contributed by atoms with van der Waals surface area (Å²) in [6.07, 6.45) is 2.78. The molecule has 1 aromatic carbocycles. The molecule has 0 fully saturated rings. The largest absolute Gasteiger partial charge is 0.486 e. The Labute approximate surface area is 93.6 Å². The molecule has 0 aliphatic heterocycles. The molecule has 0 saturated carbocycles. The molecule has 15 heavy (non-hydrogen) atoms. The van der Waals surface area contributed by atoms with E-state index in [2.05, 4.69) is 31.1 Å². The molecule has 0 saturated heterocycles. The number of ether oxygens (including phenoxy) is 1. The molecule has 0 atom stereocenters. The van der Waals surface area contributed by atoms with Crippen molar-refractivity contribution in [3.8, 4) is 5.75 Å². The van der Waals surface area contributed by atoms with Crippen molar-refractivity contribution in [2.45, 2.75) is 20.5 Å². The highest BCUT2D eigenvalue weighted by Gasteiger charge is 1.99. The number of hydrogen-bond acceptors (Lipinski definition) is 3. The van der Waals surface area contributed by atoms with Gasteiger partial charge >= 0.3 is 0 Å². The Bertz CT molecular complexity index is 437. The first-order chi connectivity index (χ1) is 7.25. The Hall–Kier alpha value is -1.35. The molecule has 2 aromatic rings. The second-order valence-corrected chi connectivity index (χ2v) is 4.35. The van der Waals surface area contributed by atoms with Crippen LogP contribution in [0.1, 0.15) is 16.1 Å². The Morgan fingerprint density at radius 1 is 1.33 bits per heavy atom. The third-order valence-corrected chi connectivity index (χ3v) is 2.98. The molecule has 1 heterocycles. The van der Waals surface area contributed by atoms with Crippen LogP contribution in [0.15, 0.2) is 23.6 Å². The van der Waals surface area contributed by atoms with Crippen LogP contribution in [0.3, 0.4) is 0 Å². The second-order valence-electron chi connectivity index (χ2n) is 3.41. The first kappa shape index (κ1) is 10.2. The smallest absolute Gasteiger partial charge is 0.140 e. The van der Waals surface area contributed by atoms with Gasteiger partial charge in [-0.25, -0.2) is 4.98 Å². The van der Waals surface area contributed by atoms with Gasteiger partial charge in [0.2, 0.25) is 0 Å². The van der Waals surface area contributed by atoms with Gasteiger partial charge in [-0.3, -0.25) is 0 Å². The molecule has 2 rings (SSSR count). The molecule has 1 aromatic heterocycles. The summed E-state index contributed by atoms with van der Waals surface area (Å²) in [4.78, 5) is 4.04. The molecular formula is C12H12NOS. The van der Waals surface area contributed by atoms with Crippen LogP contribution < -0.4 is 4.74 Å². The van der Waals surface area contributed by atoms with Gasteiger partial charge in [0.1, 0.15) is 23.6 Å². The number of rotatable bonds is 3. The van der Waals surface area contributed by atoms with E-state index in [1.165, 1.54) is 11.1 Å². The standard InChI is InChI=1S/C12H12NOS/c1-9-3-4-11(7-10(9)2)14-8-12-13-5-6-15-12/h3-4,6-7H,8H2,1-2H3. The summed E-state index contributed by atoms with van der Waals surface area (Å²) in [7, 11) is 0. The molecule has 77 valence electrons. The van der Waals surface area contributed by atoms with E-state index in [1.807, 2.05) is 17.5 Å². The van der Waals surface area contributed by atoms with E-state index >= 15 is 0 Å². The highest BCUT2D eigenvalue weighted by Crippen LogP contribution is 2.18. The zero-order valence-corrected chi connectivity index (χ0v) is 9.60. The van der Waals surface area contributed by atoms with E-state index in [4.69, 9.17) is 4.74 Å². The van der Waals surface area contributed by atoms with Crippen LogP contribution in [-0.2, 0) is 6.61 Å². The molecule has 0 amide bonds. The van der Waals surface area contributed by atoms with Crippen LogP contribution in [0.25, 0.3) is 0 Å². The third kappa shape index (κ3) is 2.57. The molecule has 0 aliphatic carbocycles. The average Bonchev–Trinajstić information content (AvgIpc) is 2.73. The molecule has 0 aliphatic rings. The minimum atomic E-state index is 0.524. The van der Waals surface area contributed by atoms with Gasteiger partial charge in [0.05, 0.1) is 0 Å². The van der Waals surface area contributed by atoms with Crippen molar-refractivity contribution < 1.29 is 4.74 Å². The first-order valence-corrected chi connectivity index (χ1v) is 5.64. The van der Waals surface area contributed by atoms with Crippen LogP contribution in [0.4, 0.5) is 0 Å². The SMILES string of the molecule is Cc1ccc(OCc2n[c]cs2)cc1C. The van der Waals surface area contributed by atoms with Crippen LogP contribution in [0.5, 0.6) is 5.75 Å². The van der Waals surface area contributed by atoms with E-state index in [9.17, 15) is 0 Å². The summed E-state index contributed by atoms with van der Waals surface area (Å²) in [5.41, 5.74) is 2.53. The Balaban J connectivity index is 2.02. The number of hydrogen-bond donors (Lipinski definition) is 0. The number of nitrogens with zero attached hydrogens (tertiary/aromatic N) is 1. The van der Waals surface area contributed by atoms with Crippen LogP contribution in [0, 0.1) is 20.0 Å². The topological polar surface area (TPSA) is 22.1 Å². The van der Waals surface area contributed by atoms with Crippen molar-refractivity contribution in [3.63, 3.8) is 0 Å². The summed E-state index contributed by atoms with van der Waals surface area (Å²) in [6.45, 7) is 4.70. The lowest BCUT2D eigenvalue weighted by atomic mass is 10.1. The number of thiazole rings is 1. The zero-order valence-electron chi connectivity index (χ0n) is 8.78. The fraction of sp³-hybridized carbons (Fsp3) is 0.250. The Kier molecular flexibility index (Phi) is 3.02. The van der Waals surface area contributed by atoms with Crippen molar-refractivity contribution in [2.75, 3.05) is 0 Å². The fourth-order valence-corrected chi connectivity index (χ4v) is 1.71.